The molecular weight excluding hydrogens is 252 g/mol. The van der Waals surface area contributed by atoms with E-state index in [1.165, 1.54) is 0 Å². The van der Waals surface area contributed by atoms with Crippen molar-refractivity contribution in [1.82, 2.24) is 4.90 Å². The zero-order valence-corrected chi connectivity index (χ0v) is 12.1. The van der Waals surface area contributed by atoms with Crippen LogP contribution in [0.5, 0.6) is 0 Å². The zero-order chi connectivity index (χ0) is 13.4. The molecule has 0 radical (unpaired) electrons. The quantitative estimate of drug-likeness (QED) is 0.765. The van der Waals surface area contributed by atoms with Gasteiger partial charge in [-0.25, -0.2) is 8.42 Å². The van der Waals surface area contributed by atoms with Gasteiger partial charge in [-0.05, 0) is 33.2 Å². The lowest BCUT2D eigenvalue weighted by molar-refractivity contribution is -0.101. The lowest BCUT2D eigenvalue weighted by atomic mass is 9.72. The number of ether oxygens (including phenoxy) is 1. The highest BCUT2D eigenvalue weighted by Crippen LogP contribution is 2.40. The fraction of sp³-hybridized carbons (Fsp3) is 1.00. The van der Waals surface area contributed by atoms with E-state index in [0.717, 1.165) is 25.9 Å². The Hall–Kier alpha value is -0.170. The molecule has 2 N–H and O–H groups in total. The van der Waals surface area contributed by atoms with Crippen LogP contribution in [0, 0.1) is 0 Å². The summed E-state index contributed by atoms with van der Waals surface area (Å²) in [4.78, 5) is 2.20. The average molecular weight is 276 g/mol. The van der Waals surface area contributed by atoms with Gasteiger partial charge in [0.25, 0.3) is 0 Å². The Morgan fingerprint density at radius 1 is 1.44 bits per heavy atom. The Morgan fingerprint density at radius 3 is 2.56 bits per heavy atom. The first-order valence-corrected chi connectivity index (χ1v) is 8.49. The largest absolute Gasteiger partial charge is 0.378 e. The fourth-order valence-electron chi connectivity index (χ4n) is 3.21. The summed E-state index contributed by atoms with van der Waals surface area (Å²) in [5, 5.41) is 0. The topological polar surface area (TPSA) is 72.6 Å². The number of sulfone groups is 1. The summed E-state index contributed by atoms with van der Waals surface area (Å²) in [6.45, 7) is 3.30. The van der Waals surface area contributed by atoms with Crippen molar-refractivity contribution < 1.29 is 13.2 Å². The molecule has 1 atom stereocenters. The molecule has 2 rings (SSSR count). The molecule has 1 aliphatic heterocycles. The van der Waals surface area contributed by atoms with E-state index in [0.29, 0.717) is 18.4 Å². The van der Waals surface area contributed by atoms with Crippen molar-refractivity contribution in [3.05, 3.63) is 0 Å². The molecule has 1 saturated heterocycles. The average Bonchev–Trinajstić information content (AvgIpc) is 2.63. The second kappa shape index (κ2) is 5.07. The third-order valence-electron chi connectivity index (χ3n) is 4.50. The number of nitrogens with zero attached hydrogens (tertiary/aromatic N) is 1. The standard InChI is InChI=1S/C12H24N2O3S/c1-3-17-11-6-12(7-11,9-13)14(2)10-4-5-18(15,16)8-10/h10-11H,3-9,13H2,1-2H3. The first kappa shape index (κ1) is 14.2. The van der Waals surface area contributed by atoms with Crippen LogP contribution in [0.2, 0.25) is 0 Å². The number of rotatable bonds is 5. The van der Waals surface area contributed by atoms with Crippen LogP contribution in [0.15, 0.2) is 0 Å². The molecule has 0 aromatic heterocycles. The van der Waals surface area contributed by atoms with Crippen LogP contribution in [-0.4, -0.2) is 62.7 Å². The van der Waals surface area contributed by atoms with Crippen LogP contribution < -0.4 is 5.73 Å². The first-order valence-electron chi connectivity index (χ1n) is 6.67. The molecule has 1 unspecified atom stereocenters. The van der Waals surface area contributed by atoms with Crippen LogP contribution in [0.1, 0.15) is 26.2 Å². The molecule has 1 heterocycles. The Bertz CT molecular complexity index is 390. The summed E-state index contributed by atoms with van der Waals surface area (Å²) in [5.74, 6) is 0.599. The van der Waals surface area contributed by atoms with Crippen molar-refractivity contribution in [2.24, 2.45) is 5.73 Å². The van der Waals surface area contributed by atoms with Gasteiger partial charge in [-0.2, -0.15) is 0 Å². The molecule has 0 spiro atoms. The summed E-state index contributed by atoms with van der Waals surface area (Å²) >= 11 is 0. The first-order chi connectivity index (χ1) is 8.42. The highest BCUT2D eigenvalue weighted by Gasteiger charge is 2.50. The molecular formula is C12H24N2O3S. The Kier molecular flexibility index (Phi) is 4.02. The van der Waals surface area contributed by atoms with E-state index in [4.69, 9.17) is 10.5 Å². The predicted octanol–water partition coefficient (Wildman–Crippen LogP) is 0.00170. The van der Waals surface area contributed by atoms with E-state index in [2.05, 4.69) is 4.90 Å². The number of hydrogen-bond acceptors (Lipinski definition) is 5. The molecule has 1 aliphatic carbocycles. The second-order valence-electron chi connectivity index (χ2n) is 5.58. The van der Waals surface area contributed by atoms with E-state index < -0.39 is 9.84 Å². The molecule has 0 aromatic rings. The highest BCUT2D eigenvalue weighted by molar-refractivity contribution is 7.91. The van der Waals surface area contributed by atoms with Crippen LogP contribution in [0.3, 0.4) is 0 Å². The number of likely N-dealkylation sites (N-methyl/N-ethyl adjacent to an activating group) is 1. The molecule has 0 bridgehead atoms. The lowest BCUT2D eigenvalue weighted by Crippen LogP contribution is -2.65. The maximum Gasteiger partial charge on any atom is 0.151 e. The minimum Gasteiger partial charge on any atom is -0.378 e. The summed E-state index contributed by atoms with van der Waals surface area (Å²) in [6, 6.07) is 0.126. The minimum absolute atomic E-state index is 0.0512. The van der Waals surface area contributed by atoms with E-state index in [9.17, 15) is 8.42 Å². The molecule has 2 fully saturated rings. The van der Waals surface area contributed by atoms with Gasteiger partial charge in [-0.3, -0.25) is 4.90 Å². The van der Waals surface area contributed by atoms with Crippen molar-refractivity contribution in [2.45, 2.75) is 43.9 Å². The van der Waals surface area contributed by atoms with Gasteiger partial charge in [0.05, 0.1) is 17.6 Å². The second-order valence-corrected chi connectivity index (χ2v) is 7.81. The van der Waals surface area contributed by atoms with Crippen molar-refractivity contribution in [3.8, 4) is 0 Å². The van der Waals surface area contributed by atoms with Crippen molar-refractivity contribution >= 4 is 9.84 Å². The summed E-state index contributed by atoms with van der Waals surface area (Å²) in [7, 11) is -0.816. The van der Waals surface area contributed by atoms with Gasteiger partial charge in [0.15, 0.2) is 9.84 Å². The normalized spacial score (nSPS) is 38.9. The summed E-state index contributed by atoms with van der Waals surface area (Å²) in [6.07, 6.45) is 2.87. The van der Waals surface area contributed by atoms with Crippen molar-refractivity contribution in [1.29, 1.82) is 0 Å². The minimum atomic E-state index is -2.83. The molecule has 18 heavy (non-hydrogen) atoms. The molecule has 0 aromatic carbocycles. The monoisotopic (exact) mass is 276 g/mol. The van der Waals surface area contributed by atoms with E-state index >= 15 is 0 Å². The van der Waals surface area contributed by atoms with Gasteiger partial charge >= 0.3 is 0 Å². The van der Waals surface area contributed by atoms with E-state index in [1.54, 1.807) is 0 Å². The highest BCUT2D eigenvalue weighted by atomic mass is 32.2. The summed E-state index contributed by atoms with van der Waals surface area (Å²) < 4.78 is 28.7. The maximum absolute atomic E-state index is 11.6. The smallest absolute Gasteiger partial charge is 0.151 e. The van der Waals surface area contributed by atoms with E-state index in [-0.39, 0.29) is 17.3 Å². The van der Waals surface area contributed by atoms with Gasteiger partial charge in [-0.1, -0.05) is 0 Å². The van der Waals surface area contributed by atoms with Gasteiger partial charge < -0.3 is 10.5 Å². The number of nitrogens with two attached hydrogens (primary N) is 1. The SMILES string of the molecule is CCOC1CC(CN)(N(C)C2CCS(=O)(=O)C2)C1. The van der Waals surface area contributed by atoms with Crippen LogP contribution >= 0.6 is 0 Å². The molecule has 106 valence electrons. The molecule has 2 aliphatic rings. The van der Waals surface area contributed by atoms with Crippen molar-refractivity contribution in [2.75, 3.05) is 31.7 Å². The molecule has 6 heteroatoms. The molecule has 1 saturated carbocycles. The third-order valence-corrected chi connectivity index (χ3v) is 6.25. The Labute approximate surface area is 110 Å². The lowest BCUT2D eigenvalue weighted by Gasteiger charge is -2.54. The Morgan fingerprint density at radius 2 is 2.11 bits per heavy atom. The van der Waals surface area contributed by atoms with Gasteiger partial charge in [-0.15, -0.1) is 0 Å². The van der Waals surface area contributed by atoms with Gasteiger partial charge in [0.2, 0.25) is 0 Å². The Balaban J connectivity index is 1.98. The van der Waals surface area contributed by atoms with Gasteiger partial charge in [0, 0.05) is 24.7 Å². The third kappa shape index (κ3) is 2.57. The number of hydrogen-bond donors (Lipinski definition) is 1. The molecule has 5 nitrogen and oxygen atoms in total. The maximum atomic E-state index is 11.6. The summed E-state index contributed by atoms with van der Waals surface area (Å²) in [5.41, 5.74) is 5.87. The van der Waals surface area contributed by atoms with Crippen molar-refractivity contribution in [3.63, 3.8) is 0 Å². The van der Waals surface area contributed by atoms with Gasteiger partial charge in [0.1, 0.15) is 0 Å². The fourth-order valence-corrected chi connectivity index (χ4v) is 4.98. The predicted molar refractivity (Wildman–Crippen MR) is 71.3 cm³/mol. The van der Waals surface area contributed by atoms with Crippen LogP contribution in [0.25, 0.3) is 0 Å². The zero-order valence-electron chi connectivity index (χ0n) is 11.3. The van der Waals surface area contributed by atoms with Crippen LogP contribution in [-0.2, 0) is 14.6 Å². The van der Waals surface area contributed by atoms with E-state index in [1.807, 2.05) is 14.0 Å². The molecule has 0 amide bonds. The van der Waals surface area contributed by atoms with Crippen LogP contribution in [0.4, 0.5) is 0 Å².